The number of carbonyl (C=O) groups excluding carboxylic acids is 1. The zero-order valence-corrected chi connectivity index (χ0v) is 14.3. The highest BCUT2D eigenvalue weighted by Gasteiger charge is 2.33. The molecule has 1 saturated heterocycles. The molecular formula is C18H20N4O4. The molecule has 3 heterocycles. The lowest BCUT2D eigenvalue weighted by atomic mass is 10.1. The van der Waals surface area contributed by atoms with Gasteiger partial charge in [0.15, 0.2) is 11.5 Å². The average molecular weight is 356 g/mol. The summed E-state index contributed by atoms with van der Waals surface area (Å²) in [6.07, 6.45) is 4.03. The molecular weight excluding hydrogens is 336 g/mol. The number of hydrogen-bond acceptors (Lipinski definition) is 7. The van der Waals surface area contributed by atoms with E-state index in [9.17, 15) is 4.79 Å². The molecule has 2 aromatic rings. The highest BCUT2D eigenvalue weighted by molar-refractivity contribution is 5.90. The Morgan fingerprint density at radius 1 is 1.27 bits per heavy atom. The van der Waals surface area contributed by atoms with Crippen molar-refractivity contribution in [3.63, 3.8) is 0 Å². The van der Waals surface area contributed by atoms with Crippen LogP contribution >= 0.6 is 0 Å². The Morgan fingerprint density at radius 3 is 3.08 bits per heavy atom. The largest absolute Gasteiger partial charge is 0.454 e. The minimum atomic E-state index is -0.251. The number of nitrogens with one attached hydrogen (secondary N) is 1. The quantitative estimate of drug-likeness (QED) is 0.876. The Balaban J connectivity index is 1.32. The molecule has 136 valence electrons. The number of ether oxygens (including phenoxy) is 2. The number of amides is 1. The Morgan fingerprint density at radius 2 is 2.19 bits per heavy atom. The van der Waals surface area contributed by atoms with Crippen molar-refractivity contribution in [3.8, 4) is 11.5 Å². The molecule has 0 spiro atoms. The molecule has 1 aromatic carbocycles. The lowest BCUT2D eigenvalue weighted by Gasteiger charge is -2.22. The number of rotatable bonds is 5. The topological polar surface area (TPSA) is 89.7 Å². The molecule has 3 aliphatic rings. The van der Waals surface area contributed by atoms with Crippen molar-refractivity contribution in [1.29, 1.82) is 0 Å². The maximum atomic E-state index is 12.1. The van der Waals surface area contributed by atoms with Crippen molar-refractivity contribution in [2.75, 3.05) is 13.3 Å². The van der Waals surface area contributed by atoms with Crippen molar-refractivity contribution in [3.05, 3.63) is 35.5 Å². The molecule has 1 aromatic heterocycles. The van der Waals surface area contributed by atoms with E-state index in [1.54, 1.807) is 0 Å². The van der Waals surface area contributed by atoms with E-state index < -0.39 is 0 Å². The molecule has 1 N–H and O–H groups in total. The van der Waals surface area contributed by atoms with Crippen molar-refractivity contribution in [1.82, 2.24) is 20.4 Å². The molecule has 8 heteroatoms. The molecule has 2 aliphatic heterocycles. The highest BCUT2D eigenvalue weighted by atomic mass is 16.7. The number of nitrogens with zero attached hydrogens (tertiary/aromatic N) is 3. The van der Waals surface area contributed by atoms with Crippen molar-refractivity contribution in [2.45, 2.75) is 44.3 Å². The Bertz CT molecular complexity index is 832. The first-order valence-electron chi connectivity index (χ1n) is 9.04. The van der Waals surface area contributed by atoms with Gasteiger partial charge in [0.2, 0.25) is 12.7 Å². The van der Waals surface area contributed by atoms with Gasteiger partial charge in [0.1, 0.15) is 0 Å². The third-order valence-electron chi connectivity index (χ3n) is 5.06. The number of aromatic nitrogens is 2. The second kappa shape index (κ2) is 6.28. The van der Waals surface area contributed by atoms with Gasteiger partial charge < -0.3 is 19.3 Å². The Hall–Kier alpha value is -2.61. The summed E-state index contributed by atoms with van der Waals surface area (Å²) in [5.41, 5.74) is 1.08. The SMILES string of the molecule is O=C(NC1CC1)c1noc([C@@H]2CCCN2Cc2cccc3c2OCO3)n1. The van der Waals surface area contributed by atoms with Gasteiger partial charge in [-0.05, 0) is 38.3 Å². The normalized spacial score (nSPS) is 21.9. The van der Waals surface area contributed by atoms with Gasteiger partial charge in [0.05, 0.1) is 6.04 Å². The third kappa shape index (κ3) is 2.90. The van der Waals surface area contributed by atoms with E-state index >= 15 is 0 Å². The maximum Gasteiger partial charge on any atom is 0.292 e. The molecule has 0 radical (unpaired) electrons. The van der Waals surface area contributed by atoms with E-state index in [0.29, 0.717) is 12.4 Å². The van der Waals surface area contributed by atoms with Crippen molar-refractivity contribution < 1.29 is 18.8 Å². The van der Waals surface area contributed by atoms with Crippen LogP contribution in [-0.4, -0.2) is 40.3 Å². The molecule has 1 amide bonds. The minimum absolute atomic E-state index is 0.0168. The lowest BCUT2D eigenvalue weighted by Crippen LogP contribution is -2.27. The zero-order chi connectivity index (χ0) is 17.5. The average Bonchev–Trinajstić information content (AvgIpc) is 3.09. The summed E-state index contributed by atoms with van der Waals surface area (Å²) in [4.78, 5) is 18.7. The van der Waals surface area contributed by atoms with Crippen LogP contribution in [0.2, 0.25) is 0 Å². The number of fused-ring (bicyclic) bond motifs is 1. The molecule has 8 nitrogen and oxygen atoms in total. The summed E-state index contributed by atoms with van der Waals surface area (Å²) < 4.78 is 16.5. The number of carbonyl (C=O) groups is 1. The monoisotopic (exact) mass is 356 g/mol. The first-order valence-corrected chi connectivity index (χ1v) is 9.04. The summed E-state index contributed by atoms with van der Waals surface area (Å²) >= 11 is 0. The van der Waals surface area contributed by atoms with Gasteiger partial charge in [-0.1, -0.05) is 17.3 Å². The number of likely N-dealkylation sites (tertiary alicyclic amines) is 1. The van der Waals surface area contributed by atoms with E-state index in [2.05, 4.69) is 20.4 Å². The molecule has 26 heavy (non-hydrogen) atoms. The molecule has 5 rings (SSSR count). The van der Waals surface area contributed by atoms with Crippen molar-refractivity contribution >= 4 is 5.91 Å². The van der Waals surface area contributed by atoms with E-state index in [0.717, 1.165) is 49.3 Å². The second-order valence-electron chi connectivity index (χ2n) is 6.98. The zero-order valence-electron chi connectivity index (χ0n) is 14.3. The van der Waals surface area contributed by atoms with Gasteiger partial charge in [-0.3, -0.25) is 9.69 Å². The first-order chi connectivity index (χ1) is 12.8. The van der Waals surface area contributed by atoms with Crippen LogP contribution in [-0.2, 0) is 6.54 Å². The number of benzene rings is 1. The number of para-hydroxylation sites is 1. The summed E-state index contributed by atoms with van der Waals surface area (Å²) in [6, 6.07) is 6.22. The molecule has 1 saturated carbocycles. The van der Waals surface area contributed by atoms with Crippen LogP contribution in [0, 0.1) is 0 Å². The standard InChI is InChI=1S/C18H20N4O4/c23-17(19-12-6-7-12)16-20-18(26-21-16)13-4-2-8-22(13)9-11-3-1-5-14-15(11)25-10-24-14/h1,3,5,12-13H,2,4,6-10H2,(H,19,23)/t13-/m0/s1. The minimum Gasteiger partial charge on any atom is -0.454 e. The summed E-state index contributed by atoms with van der Waals surface area (Å²) in [5.74, 6) is 1.98. The van der Waals surface area contributed by atoms with Crippen LogP contribution < -0.4 is 14.8 Å². The van der Waals surface area contributed by atoms with Crippen LogP contribution in [0.4, 0.5) is 0 Å². The van der Waals surface area contributed by atoms with Gasteiger partial charge in [-0.2, -0.15) is 4.98 Å². The highest BCUT2D eigenvalue weighted by Crippen LogP contribution is 2.39. The van der Waals surface area contributed by atoms with Gasteiger partial charge >= 0.3 is 0 Å². The molecule has 1 atom stereocenters. The summed E-state index contributed by atoms with van der Waals surface area (Å²) in [7, 11) is 0. The third-order valence-corrected chi connectivity index (χ3v) is 5.06. The smallest absolute Gasteiger partial charge is 0.292 e. The first kappa shape index (κ1) is 15.6. The van der Waals surface area contributed by atoms with Crippen LogP contribution in [0.25, 0.3) is 0 Å². The fraction of sp³-hybridized carbons (Fsp3) is 0.500. The van der Waals surface area contributed by atoms with Gasteiger partial charge in [0.25, 0.3) is 11.7 Å². The van der Waals surface area contributed by atoms with Gasteiger partial charge in [0, 0.05) is 18.2 Å². The fourth-order valence-corrected chi connectivity index (χ4v) is 3.57. The van der Waals surface area contributed by atoms with Crippen LogP contribution in [0.1, 0.15) is 53.8 Å². The predicted molar refractivity (Wildman–Crippen MR) is 89.7 cm³/mol. The summed E-state index contributed by atoms with van der Waals surface area (Å²) in [6.45, 7) is 1.91. The van der Waals surface area contributed by atoms with E-state index in [1.165, 1.54) is 0 Å². The Labute approximate surface area is 150 Å². The number of hydrogen-bond donors (Lipinski definition) is 1. The van der Waals surface area contributed by atoms with Crippen molar-refractivity contribution in [2.24, 2.45) is 0 Å². The molecule has 0 unspecified atom stereocenters. The Kier molecular flexibility index (Phi) is 3.77. The van der Waals surface area contributed by atoms with Crippen LogP contribution in [0.5, 0.6) is 11.5 Å². The molecule has 0 bridgehead atoms. The fourth-order valence-electron chi connectivity index (χ4n) is 3.57. The van der Waals surface area contributed by atoms with E-state index in [-0.39, 0.29) is 30.6 Å². The predicted octanol–water partition coefficient (Wildman–Crippen LogP) is 2.03. The molecule has 1 aliphatic carbocycles. The van der Waals surface area contributed by atoms with E-state index in [4.69, 9.17) is 14.0 Å². The van der Waals surface area contributed by atoms with E-state index in [1.807, 2.05) is 18.2 Å². The summed E-state index contributed by atoms with van der Waals surface area (Å²) in [5, 5.41) is 6.76. The van der Waals surface area contributed by atoms with Gasteiger partial charge in [-0.15, -0.1) is 0 Å². The second-order valence-corrected chi connectivity index (χ2v) is 6.98. The molecule has 2 fully saturated rings. The van der Waals surface area contributed by atoms with Crippen LogP contribution in [0.15, 0.2) is 22.7 Å². The van der Waals surface area contributed by atoms with Gasteiger partial charge in [-0.25, -0.2) is 0 Å². The van der Waals surface area contributed by atoms with Crippen LogP contribution in [0.3, 0.4) is 0 Å². The lowest BCUT2D eigenvalue weighted by molar-refractivity contribution is 0.0937. The maximum absolute atomic E-state index is 12.1.